The summed E-state index contributed by atoms with van der Waals surface area (Å²) in [4.78, 5) is 2.19. The molecule has 0 aliphatic heterocycles. The molecule has 27 heavy (non-hydrogen) atoms. The minimum atomic E-state index is -6.30. The van der Waals surface area contributed by atoms with E-state index in [-0.39, 0.29) is 15.9 Å². The van der Waals surface area contributed by atoms with Gasteiger partial charge >= 0.3 is 24.2 Å². The van der Waals surface area contributed by atoms with Crippen LogP contribution >= 0.6 is 0 Å². The lowest BCUT2D eigenvalue weighted by molar-refractivity contribution is -0.295. The SMILES string of the molecule is Nc1ccc(Cn2nc(C(F)(F)C(F)(F)F)nc2C(F)(F)C(F)(F)F)cc1. The zero-order valence-electron chi connectivity index (χ0n) is 12.7. The molecule has 0 unspecified atom stereocenters. The summed E-state index contributed by atoms with van der Waals surface area (Å²) in [5, 5.41) is 2.57. The van der Waals surface area contributed by atoms with E-state index in [1.807, 2.05) is 0 Å². The molecule has 0 spiro atoms. The van der Waals surface area contributed by atoms with Crippen molar-refractivity contribution < 1.29 is 43.9 Å². The molecule has 0 aliphatic carbocycles. The summed E-state index contributed by atoms with van der Waals surface area (Å²) in [6.07, 6.45) is -12.6. The minimum Gasteiger partial charge on any atom is -0.399 e. The van der Waals surface area contributed by atoms with Gasteiger partial charge in [-0.3, -0.25) is 0 Å². The Morgan fingerprint density at radius 3 is 1.70 bits per heavy atom. The highest BCUT2D eigenvalue weighted by atomic mass is 19.4. The molecule has 14 heteroatoms. The highest BCUT2D eigenvalue weighted by molar-refractivity contribution is 5.39. The number of nitrogens with zero attached hydrogens (tertiary/aromatic N) is 3. The lowest BCUT2D eigenvalue weighted by atomic mass is 10.2. The van der Waals surface area contributed by atoms with Crippen molar-refractivity contribution in [3.8, 4) is 0 Å². The Bertz CT molecular complexity index is 804. The van der Waals surface area contributed by atoms with Gasteiger partial charge in [0.1, 0.15) is 0 Å². The highest BCUT2D eigenvalue weighted by Crippen LogP contribution is 2.46. The number of nitrogen functional groups attached to an aromatic ring is 1. The minimum absolute atomic E-state index is 0.0461. The van der Waals surface area contributed by atoms with Crippen molar-refractivity contribution in [3.63, 3.8) is 0 Å². The largest absolute Gasteiger partial charge is 0.461 e. The van der Waals surface area contributed by atoms with E-state index in [1.165, 1.54) is 12.1 Å². The van der Waals surface area contributed by atoms with Crippen LogP contribution in [0.4, 0.5) is 49.6 Å². The van der Waals surface area contributed by atoms with Crippen LogP contribution < -0.4 is 5.73 Å². The molecule has 150 valence electrons. The van der Waals surface area contributed by atoms with Crippen LogP contribution in [0.3, 0.4) is 0 Å². The molecule has 0 radical (unpaired) electrons. The Labute approximate surface area is 143 Å². The van der Waals surface area contributed by atoms with E-state index in [4.69, 9.17) is 5.73 Å². The Balaban J connectivity index is 2.61. The maximum absolute atomic E-state index is 13.6. The molecule has 0 atom stereocenters. The first-order valence-corrected chi connectivity index (χ1v) is 6.76. The molecule has 1 heterocycles. The first kappa shape index (κ1) is 20.8. The van der Waals surface area contributed by atoms with Crippen molar-refractivity contribution in [2.75, 3.05) is 5.73 Å². The fourth-order valence-electron chi connectivity index (χ4n) is 1.87. The summed E-state index contributed by atoms with van der Waals surface area (Å²) in [5.41, 5.74) is 5.49. The number of hydrogen-bond acceptors (Lipinski definition) is 3. The van der Waals surface area contributed by atoms with Crippen molar-refractivity contribution in [3.05, 3.63) is 41.5 Å². The molecule has 1 aromatic heterocycles. The first-order chi connectivity index (χ1) is 12.1. The van der Waals surface area contributed by atoms with Crippen molar-refractivity contribution in [2.45, 2.75) is 30.7 Å². The van der Waals surface area contributed by atoms with Crippen LogP contribution in [-0.2, 0) is 18.4 Å². The monoisotopic (exact) mass is 410 g/mol. The van der Waals surface area contributed by atoms with Gasteiger partial charge in [0.05, 0.1) is 6.54 Å². The van der Waals surface area contributed by atoms with Crippen molar-refractivity contribution >= 4 is 5.69 Å². The van der Waals surface area contributed by atoms with Crippen LogP contribution in [0, 0.1) is 0 Å². The summed E-state index contributed by atoms with van der Waals surface area (Å²) in [7, 11) is 0. The maximum atomic E-state index is 13.6. The maximum Gasteiger partial charge on any atom is 0.461 e. The number of halogens is 10. The average Bonchev–Trinajstić information content (AvgIpc) is 2.92. The Kier molecular flexibility index (Phi) is 4.82. The summed E-state index contributed by atoms with van der Waals surface area (Å²) < 4.78 is 128. The van der Waals surface area contributed by atoms with Gasteiger partial charge in [0, 0.05) is 5.69 Å². The Morgan fingerprint density at radius 1 is 0.778 bits per heavy atom. The smallest absolute Gasteiger partial charge is 0.399 e. The Morgan fingerprint density at radius 2 is 1.26 bits per heavy atom. The number of benzene rings is 1. The lowest BCUT2D eigenvalue weighted by Gasteiger charge is -2.19. The van der Waals surface area contributed by atoms with Crippen LogP contribution in [0.2, 0.25) is 0 Å². The molecule has 4 nitrogen and oxygen atoms in total. The fraction of sp³-hybridized carbons (Fsp3) is 0.385. The third kappa shape index (κ3) is 3.78. The molecule has 0 saturated heterocycles. The third-order valence-electron chi connectivity index (χ3n) is 3.26. The lowest BCUT2D eigenvalue weighted by Crippen LogP contribution is -2.37. The second kappa shape index (κ2) is 6.27. The molecule has 0 aliphatic rings. The van der Waals surface area contributed by atoms with E-state index < -0.39 is 42.4 Å². The van der Waals surface area contributed by atoms with E-state index in [0.717, 1.165) is 12.1 Å². The predicted molar refractivity (Wildman–Crippen MR) is 69.9 cm³/mol. The van der Waals surface area contributed by atoms with E-state index >= 15 is 0 Å². The van der Waals surface area contributed by atoms with Gasteiger partial charge < -0.3 is 5.73 Å². The summed E-state index contributed by atoms with van der Waals surface area (Å²) >= 11 is 0. The van der Waals surface area contributed by atoms with Crippen LogP contribution in [0.25, 0.3) is 0 Å². The van der Waals surface area contributed by atoms with Gasteiger partial charge in [-0.05, 0) is 17.7 Å². The standard InChI is InChI=1S/C13H8F10N4/c14-10(15,12(18,19)20)8-25-9(11(16,17)13(21,22)23)27(26-8)5-6-1-3-7(24)4-2-6/h1-4H,5,24H2. The molecule has 2 aromatic rings. The zero-order valence-corrected chi connectivity index (χ0v) is 12.7. The summed E-state index contributed by atoms with van der Waals surface area (Å²) in [6.45, 7) is -0.984. The fourth-order valence-corrected chi connectivity index (χ4v) is 1.87. The topological polar surface area (TPSA) is 56.7 Å². The van der Waals surface area contributed by atoms with Crippen molar-refractivity contribution in [1.29, 1.82) is 0 Å². The Hall–Kier alpha value is -2.54. The molecule has 0 bridgehead atoms. The number of alkyl halides is 10. The molecule has 0 amide bonds. The quantitative estimate of drug-likeness (QED) is 0.607. The van der Waals surface area contributed by atoms with E-state index in [1.54, 1.807) is 0 Å². The van der Waals surface area contributed by atoms with Crippen LogP contribution in [0.1, 0.15) is 17.2 Å². The average molecular weight is 410 g/mol. The van der Waals surface area contributed by atoms with Gasteiger partial charge in [0.15, 0.2) is 0 Å². The number of anilines is 1. The number of rotatable bonds is 4. The second-order valence-electron chi connectivity index (χ2n) is 5.30. The molecular formula is C13H8F10N4. The molecule has 0 fully saturated rings. The van der Waals surface area contributed by atoms with Gasteiger partial charge in [-0.2, -0.15) is 43.9 Å². The van der Waals surface area contributed by atoms with E-state index in [9.17, 15) is 43.9 Å². The predicted octanol–water partition coefficient (Wildman–Crippen LogP) is 4.22. The zero-order chi connectivity index (χ0) is 20.8. The van der Waals surface area contributed by atoms with E-state index in [2.05, 4.69) is 10.1 Å². The highest BCUT2D eigenvalue weighted by Gasteiger charge is 2.65. The van der Waals surface area contributed by atoms with Gasteiger partial charge in [-0.25, -0.2) is 9.67 Å². The molecule has 0 saturated carbocycles. The van der Waals surface area contributed by atoms with Gasteiger partial charge in [0.2, 0.25) is 11.6 Å². The van der Waals surface area contributed by atoms with Gasteiger partial charge in [-0.15, -0.1) is 5.10 Å². The number of nitrogens with two attached hydrogens (primary N) is 1. The molecular weight excluding hydrogens is 402 g/mol. The van der Waals surface area contributed by atoms with Crippen molar-refractivity contribution in [1.82, 2.24) is 14.8 Å². The van der Waals surface area contributed by atoms with Crippen LogP contribution in [0.5, 0.6) is 0 Å². The van der Waals surface area contributed by atoms with E-state index in [0.29, 0.717) is 0 Å². The molecule has 2 rings (SSSR count). The van der Waals surface area contributed by atoms with Crippen molar-refractivity contribution in [2.24, 2.45) is 0 Å². The first-order valence-electron chi connectivity index (χ1n) is 6.76. The molecule has 1 aromatic carbocycles. The number of aromatic nitrogens is 3. The normalized spacial score (nSPS) is 13.9. The number of hydrogen-bond donors (Lipinski definition) is 1. The summed E-state index contributed by atoms with van der Waals surface area (Å²) in [5.74, 6) is -16.6. The van der Waals surface area contributed by atoms with Gasteiger partial charge in [0.25, 0.3) is 0 Å². The third-order valence-corrected chi connectivity index (χ3v) is 3.26. The summed E-state index contributed by atoms with van der Waals surface area (Å²) in [6, 6.07) is 4.68. The van der Waals surface area contributed by atoms with Gasteiger partial charge in [-0.1, -0.05) is 12.1 Å². The molecule has 2 N–H and O–H groups in total. The second-order valence-corrected chi connectivity index (χ2v) is 5.30. The van der Waals surface area contributed by atoms with Crippen LogP contribution in [-0.4, -0.2) is 27.1 Å². The van der Waals surface area contributed by atoms with Crippen LogP contribution in [0.15, 0.2) is 24.3 Å².